The van der Waals surface area contributed by atoms with Crippen LogP contribution in [-0.2, 0) is 0 Å². The second kappa shape index (κ2) is 6.63. The number of rotatable bonds is 6. The Bertz CT molecular complexity index is 462. The van der Waals surface area contributed by atoms with E-state index in [1.54, 1.807) is 37.3 Å². The van der Waals surface area contributed by atoms with Gasteiger partial charge in [0.2, 0.25) is 0 Å². The van der Waals surface area contributed by atoms with Crippen LogP contribution in [0.4, 0.5) is 5.69 Å². The van der Waals surface area contributed by atoms with Crippen molar-refractivity contribution in [3.8, 4) is 6.07 Å². The van der Waals surface area contributed by atoms with Gasteiger partial charge in [-0.05, 0) is 19.1 Å². The van der Waals surface area contributed by atoms with Crippen molar-refractivity contribution in [1.82, 2.24) is 0 Å². The number of hydrogen-bond donors (Lipinski definition) is 1. The average Bonchev–Trinajstić information content (AvgIpc) is 2.37. The first-order chi connectivity index (χ1) is 8.63. The van der Waals surface area contributed by atoms with E-state index in [2.05, 4.69) is 19.2 Å². The predicted molar refractivity (Wildman–Crippen MR) is 74.4 cm³/mol. The summed E-state index contributed by atoms with van der Waals surface area (Å²) < 4.78 is 0. The monoisotopic (exact) mass is 242 g/mol. The van der Waals surface area contributed by atoms with Crippen molar-refractivity contribution in [2.75, 3.05) is 18.0 Å². The van der Waals surface area contributed by atoms with Gasteiger partial charge in [0.25, 0.3) is 0 Å². The van der Waals surface area contributed by atoms with E-state index in [4.69, 9.17) is 5.26 Å². The van der Waals surface area contributed by atoms with E-state index in [1.165, 1.54) is 0 Å². The maximum Gasteiger partial charge on any atom is 0.0992 e. The minimum absolute atomic E-state index is 0.576. The molecule has 0 saturated heterocycles. The molecule has 0 aromatic heterocycles. The normalized spacial score (nSPS) is 11.4. The Labute approximate surface area is 108 Å². The SMILES string of the molecule is C=CCN(CC=C)c1cc(C#N)ccc1C(C)O. The Morgan fingerprint density at radius 3 is 2.44 bits per heavy atom. The van der Waals surface area contributed by atoms with Gasteiger partial charge in [-0.15, -0.1) is 13.2 Å². The highest BCUT2D eigenvalue weighted by Crippen LogP contribution is 2.27. The Balaban J connectivity index is 3.27. The van der Waals surface area contributed by atoms with Crippen LogP contribution in [0.1, 0.15) is 24.2 Å². The number of benzene rings is 1. The molecular weight excluding hydrogens is 224 g/mol. The van der Waals surface area contributed by atoms with Crippen LogP contribution in [0.3, 0.4) is 0 Å². The molecule has 0 aliphatic carbocycles. The summed E-state index contributed by atoms with van der Waals surface area (Å²) in [6, 6.07) is 7.40. The first-order valence-electron chi connectivity index (χ1n) is 5.82. The van der Waals surface area contributed by atoms with Crippen LogP contribution in [0.2, 0.25) is 0 Å². The Kier molecular flexibility index (Phi) is 5.16. The van der Waals surface area contributed by atoms with E-state index in [0.717, 1.165) is 11.3 Å². The molecule has 0 aliphatic heterocycles. The largest absolute Gasteiger partial charge is 0.389 e. The number of anilines is 1. The number of nitriles is 1. The van der Waals surface area contributed by atoms with Gasteiger partial charge in [-0.2, -0.15) is 5.26 Å². The zero-order chi connectivity index (χ0) is 13.5. The van der Waals surface area contributed by atoms with Gasteiger partial charge >= 0.3 is 0 Å². The smallest absolute Gasteiger partial charge is 0.0992 e. The van der Waals surface area contributed by atoms with Crippen LogP contribution in [-0.4, -0.2) is 18.2 Å². The quantitative estimate of drug-likeness (QED) is 0.780. The molecule has 0 bridgehead atoms. The lowest BCUT2D eigenvalue weighted by Gasteiger charge is -2.25. The van der Waals surface area contributed by atoms with Crippen molar-refractivity contribution < 1.29 is 5.11 Å². The van der Waals surface area contributed by atoms with E-state index in [-0.39, 0.29) is 0 Å². The molecule has 0 heterocycles. The van der Waals surface area contributed by atoms with Gasteiger partial charge in [0.15, 0.2) is 0 Å². The fourth-order valence-corrected chi connectivity index (χ4v) is 1.82. The fraction of sp³-hybridized carbons (Fsp3) is 0.267. The lowest BCUT2D eigenvalue weighted by Crippen LogP contribution is -2.24. The molecule has 3 heteroatoms. The predicted octanol–water partition coefficient (Wildman–Crippen LogP) is 2.79. The molecule has 0 spiro atoms. The molecule has 94 valence electrons. The highest BCUT2D eigenvalue weighted by Gasteiger charge is 2.13. The van der Waals surface area contributed by atoms with Crippen LogP contribution in [0, 0.1) is 11.3 Å². The summed E-state index contributed by atoms with van der Waals surface area (Å²) in [5.74, 6) is 0. The van der Waals surface area contributed by atoms with Gasteiger partial charge in [0.05, 0.1) is 17.7 Å². The standard InChI is InChI=1S/C15H18N2O/c1-4-8-17(9-5-2)15-10-13(11-16)6-7-14(15)12(3)18/h4-7,10,12,18H,1-2,8-9H2,3H3. The summed E-state index contributed by atoms with van der Waals surface area (Å²) in [6.45, 7) is 10.4. The fourth-order valence-electron chi connectivity index (χ4n) is 1.82. The average molecular weight is 242 g/mol. The summed E-state index contributed by atoms with van der Waals surface area (Å²) in [5, 5.41) is 18.8. The second-order valence-corrected chi connectivity index (χ2v) is 4.04. The van der Waals surface area contributed by atoms with Crippen molar-refractivity contribution in [1.29, 1.82) is 5.26 Å². The molecule has 0 radical (unpaired) electrons. The summed E-state index contributed by atoms with van der Waals surface area (Å²) in [7, 11) is 0. The number of hydrogen-bond acceptors (Lipinski definition) is 3. The molecule has 0 amide bonds. The zero-order valence-corrected chi connectivity index (χ0v) is 10.6. The van der Waals surface area contributed by atoms with Crippen LogP contribution < -0.4 is 4.90 Å². The third-order valence-electron chi connectivity index (χ3n) is 2.65. The number of aliphatic hydroxyl groups is 1. The summed E-state index contributed by atoms with van der Waals surface area (Å²) in [5.41, 5.74) is 2.23. The van der Waals surface area contributed by atoms with Crippen LogP contribution >= 0.6 is 0 Å². The number of nitrogens with zero attached hydrogens (tertiary/aromatic N) is 2. The van der Waals surface area contributed by atoms with Gasteiger partial charge in [-0.3, -0.25) is 0 Å². The Morgan fingerprint density at radius 2 is 2.00 bits per heavy atom. The third kappa shape index (κ3) is 3.22. The van der Waals surface area contributed by atoms with Gasteiger partial charge < -0.3 is 10.0 Å². The van der Waals surface area contributed by atoms with Crippen LogP contribution in [0.5, 0.6) is 0 Å². The van der Waals surface area contributed by atoms with E-state index in [0.29, 0.717) is 18.7 Å². The van der Waals surface area contributed by atoms with Gasteiger partial charge in [0.1, 0.15) is 0 Å². The van der Waals surface area contributed by atoms with E-state index in [9.17, 15) is 5.11 Å². The summed E-state index contributed by atoms with van der Waals surface area (Å²) in [4.78, 5) is 2.02. The van der Waals surface area contributed by atoms with E-state index >= 15 is 0 Å². The van der Waals surface area contributed by atoms with Crippen LogP contribution in [0.15, 0.2) is 43.5 Å². The highest BCUT2D eigenvalue weighted by atomic mass is 16.3. The molecule has 3 nitrogen and oxygen atoms in total. The minimum atomic E-state index is -0.579. The van der Waals surface area contributed by atoms with E-state index in [1.807, 2.05) is 4.90 Å². The second-order valence-electron chi connectivity index (χ2n) is 4.04. The molecule has 1 N–H and O–H groups in total. The minimum Gasteiger partial charge on any atom is -0.389 e. The van der Waals surface area contributed by atoms with Crippen molar-refractivity contribution in [3.05, 3.63) is 54.6 Å². The summed E-state index contributed by atoms with van der Waals surface area (Å²) >= 11 is 0. The molecule has 1 rings (SSSR count). The van der Waals surface area contributed by atoms with E-state index < -0.39 is 6.10 Å². The highest BCUT2D eigenvalue weighted by molar-refractivity contribution is 5.59. The first kappa shape index (κ1) is 14.0. The van der Waals surface area contributed by atoms with Gasteiger partial charge in [-0.25, -0.2) is 0 Å². The molecule has 1 aromatic rings. The molecule has 0 aliphatic rings. The Morgan fingerprint density at radius 1 is 1.39 bits per heavy atom. The molecule has 18 heavy (non-hydrogen) atoms. The molecular formula is C15H18N2O. The van der Waals surface area contributed by atoms with Gasteiger partial charge in [-0.1, -0.05) is 18.2 Å². The molecule has 1 atom stereocenters. The van der Waals surface area contributed by atoms with Crippen molar-refractivity contribution in [3.63, 3.8) is 0 Å². The van der Waals surface area contributed by atoms with Crippen molar-refractivity contribution >= 4 is 5.69 Å². The molecule has 0 fully saturated rings. The lowest BCUT2D eigenvalue weighted by molar-refractivity contribution is 0.199. The first-order valence-corrected chi connectivity index (χ1v) is 5.82. The molecule has 1 unspecified atom stereocenters. The molecule has 1 aromatic carbocycles. The topological polar surface area (TPSA) is 47.3 Å². The molecule has 0 saturated carbocycles. The number of aliphatic hydroxyl groups excluding tert-OH is 1. The maximum absolute atomic E-state index is 9.79. The zero-order valence-electron chi connectivity index (χ0n) is 10.6. The Hall–Kier alpha value is -2.05. The van der Waals surface area contributed by atoms with Crippen molar-refractivity contribution in [2.24, 2.45) is 0 Å². The van der Waals surface area contributed by atoms with Gasteiger partial charge in [0, 0.05) is 24.3 Å². The van der Waals surface area contributed by atoms with Crippen molar-refractivity contribution in [2.45, 2.75) is 13.0 Å². The summed E-state index contributed by atoms with van der Waals surface area (Å²) in [6.07, 6.45) is 2.99. The lowest BCUT2D eigenvalue weighted by atomic mass is 10.0. The van der Waals surface area contributed by atoms with Crippen LogP contribution in [0.25, 0.3) is 0 Å². The third-order valence-corrected chi connectivity index (χ3v) is 2.65. The maximum atomic E-state index is 9.79.